The molecule has 2 N–H and O–H groups in total. The van der Waals surface area contributed by atoms with Gasteiger partial charge in [-0.25, -0.2) is 4.79 Å². The molecule has 1 amide bonds. The van der Waals surface area contributed by atoms with Gasteiger partial charge >= 0.3 is 18.0 Å². The summed E-state index contributed by atoms with van der Waals surface area (Å²) in [7, 11) is 0. The summed E-state index contributed by atoms with van der Waals surface area (Å²) in [6.45, 7) is 2.90. The number of nitrogens with one attached hydrogen (secondary N) is 1. The van der Waals surface area contributed by atoms with E-state index in [4.69, 9.17) is 9.47 Å². The van der Waals surface area contributed by atoms with Gasteiger partial charge in [-0.3, -0.25) is 9.59 Å². The molecule has 1 saturated carbocycles. The van der Waals surface area contributed by atoms with Gasteiger partial charge in [0.05, 0.1) is 11.3 Å². The average Bonchev–Trinajstić information content (AvgIpc) is 2.45. The van der Waals surface area contributed by atoms with E-state index in [0.29, 0.717) is 12.8 Å². The fourth-order valence-corrected chi connectivity index (χ4v) is 2.29. The highest BCUT2D eigenvalue weighted by molar-refractivity contribution is 5.76. The third-order valence-electron chi connectivity index (χ3n) is 3.70. The lowest BCUT2D eigenvalue weighted by Crippen LogP contribution is -2.44. The highest BCUT2D eigenvalue weighted by Gasteiger charge is 2.39. The zero-order chi connectivity index (χ0) is 15.9. The van der Waals surface area contributed by atoms with E-state index in [1.54, 1.807) is 13.8 Å². The molecule has 0 unspecified atom stereocenters. The Balaban J connectivity index is 2.34. The van der Waals surface area contributed by atoms with E-state index < -0.39 is 30.2 Å². The lowest BCUT2D eigenvalue weighted by molar-refractivity contribution is -0.155. The molecule has 0 spiro atoms. The largest absolute Gasteiger partial charge is 0.481 e. The van der Waals surface area contributed by atoms with Crippen LogP contribution in [0.25, 0.3) is 0 Å². The SMILES string of the molecule is CC(C)C(=O)OCOC(=O)NCC1(C(=O)O)CCCCC1. The Bertz CT molecular complexity index is 387. The number of aliphatic carboxylic acids is 1. The summed E-state index contributed by atoms with van der Waals surface area (Å²) in [5, 5.41) is 11.8. The van der Waals surface area contributed by atoms with Crippen molar-refractivity contribution in [2.45, 2.75) is 46.0 Å². The van der Waals surface area contributed by atoms with Crippen molar-refractivity contribution in [1.29, 1.82) is 0 Å². The van der Waals surface area contributed by atoms with E-state index in [1.807, 2.05) is 0 Å². The fourth-order valence-electron chi connectivity index (χ4n) is 2.29. The number of hydrogen-bond acceptors (Lipinski definition) is 5. The first-order valence-corrected chi connectivity index (χ1v) is 7.18. The summed E-state index contributed by atoms with van der Waals surface area (Å²) in [5.41, 5.74) is -0.911. The third kappa shape index (κ3) is 5.24. The number of hydrogen-bond donors (Lipinski definition) is 2. The molecule has 7 heteroatoms. The van der Waals surface area contributed by atoms with Crippen LogP contribution in [0.15, 0.2) is 0 Å². The maximum Gasteiger partial charge on any atom is 0.410 e. The number of esters is 1. The Kier molecular flexibility index (Phi) is 6.45. The third-order valence-corrected chi connectivity index (χ3v) is 3.70. The van der Waals surface area contributed by atoms with Crippen LogP contribution in [0.5, 0.6) is 0 Å². The Morgan fingerprint density at radius 1 is 1.14 bits per heavy atom. The Hall–Kier alpha value is -1.79. The summed E-state index contributed by atoms with van der Waals surface area (Å²) < 4.78 is 9.39. The number of carbonyl (C=O) groups excluding carboxylic acids is 2. The molecule has 1 rings (SSSR count). The molecule has 0 saturated heterocycles. The van der Waals surface area contributed by atoms with E-state index in [1.165, 1.54) is 0 Å². The maximum absolute atomic E-state index is 11.5. The molecule has 1 aliphatic rings. The Morgan fingerprint density at radius 2 is 1.76 bits per heavy atom. The van der Waals surface area contributed by atoms with Crippen molar-refractivity contribution >= 4 is 18.0 Å². The standard InChI is InChI=1S/C14H23NO6/c1-10(2)11(16)20-9-21-13(19)15-8-14(12(17)18)6-4-3-5-7-14/h10H,3-9H2,1-2H3,(H,15,19)(H,17,18). The molecule has 0 aromatic rings. The summed E-state index contributed by atoms with van der Waals surface area (Å²) in [6.07, 6.45) is 3.02. The smallest absolute Gasteiger partial charge is 0.410 e. The minimum absolute atomic E-state index is 0.0271. The zero-order valence-electron chi connectivity index (χ0n) is 12.5. The molecule has 1 fully saturated rings. The van der Waals surface area contributed by atoms with Crippen molar-refractivity contribution in [3.05, 3.63) is 0 Å². The van der Waals surface area contributed by atoms with Gasteiger partial charge in [-0.05, 0) is 12.8 Å². The van der Waals surface area contributed by atoms with Gasteiger partial charge in [-0.15, -0.1) is 0 Å². The predicted molar refractivity (Wildman–Crippen MR) is 73.4 cm³/mol. The molecule has 0 heterocycles. The van der Waals surface area contributed by atoms with E-state index >= 15 is 0 Å². The summed E-state index contributed by atoms with van der Waals surface area (Å²) in [5.74, 6) is -1.65. The van der Waals surface area contributed by atoms with Gasteiger partial charge in [0.1, 0.15) is 0 Å². The number of ether oxygens (including phenoxy) is 2. The fraction of sp³-hybridized carbons (Fsp3) is 0.786. The van der Waals surface area contributed by atoms with Gasteiger partial charge in [-0.2, -0.15) is 0 Å². The molecule has 0 aliphatic heterocycles. The minimum atomic E-state index is -0.911. The topological polar surface area (TPSA) is 102 Å². The molecule has 0 aromatic carbocycles. The molecule has 0 bridgehead atoms. The molecular formula is C14H23NO6. The van der Waals surface area contributed by atoms with Crippen molar-refractivity contribution < 1.29 is 29.0 Å². The summed E-state index contributed by atoms with van der Waals surface area (Å²) >= 11 is 0. The van der Waals surface area contributed by atoms with Crippen molar-refractivity contribution in [2.75, 3.05) is 13.3 Å². The van der Waals surface area contributed by atoms with Gasteiger partial charge in [0.15, 0.2) is 0 Å². The number of alkyl carbamates (subject to hydrolysis) is 1. The van der Waals surface area contributed by atoms with E-state index in [2.05, 4.69) is 5.32 Å². The molecule has 0 atom stereocenters. The van der Waals surface area contributed by atoms with E-state index in [0.717, 1.165) is 19.3 Å². The molecule has 0 radical (unpaired) electrons. The number of rotatable bonds is 6. The van der Waals surface area contributed by atoms with Gasteiger partial charge in [0, 0.05) is 6.54 Å². The van der Waals surface area contributed by atoms with Crippen LogP contribution in [0.1, 0.15) is 46.0 Å². The van der Waals surface area contributed by atoms with Crippen LogP contribution in [-0.4, -0.2) is 36.5 Å². The molecule has 120 valence electrons. The van der Waals surface area contributed by atoms with Crippen LogP contribution in [0.4, 0.5) is 4.79 Å². The Morgan fingerprint density at radius 3 is 2.29 bits per heavy atom. The zero-order valence-corrected chi connectivity index (χ0v) is 12.5. The average molecular weight is 301 g/mol. The van der Waals surface area contributed by atoms with Gasteiger partial charge in [0.25, 0.3) is 0 Å². The second-order valence-corrected chi connectivity index (χ2v) is 5.67. The van der Waals surface area contributed by atoms with Gasteiger partial charge < -0.3 is 19.9 Å². The van der Waals surface area contributed by atoms with Gasteiger partial charge in [-0.1, -0.05) is 33.1 Å². The first kappa shape index (κ1) is 17.3. The van der Waals surface area contributed by atoms with Crippen LogP contribution < -0.4 is 5.32 Å². The molecule has 1 aliphatic carbocycles. The van der Waals surface area contributed by atoms with E-state index in [9.17, 15) is 19.5 Å². The summed E-state index contributed by atoms with van der Waals surface area (Å²) in [4.78, 5) is 34.0. The van der Waals surface area contributed by atoms with Crippen LogP contribution in [0, 0.1) is 11.3 Å². The molecule has 7 nitrogen and oxygen atoms in total. The highest BCUT2D eigenvalue weighted by Crippen LogP contribution is 2.35. The van der Waals surface area contributed by atoms with Crippen LogP contribution in [0.2, 0.25) is 0 Å². The summed E-state index contributed by atoms with van der Waals surface area (Å²) in [6, 6.07) is 0. The lowest BCUT2D eigenvalue weighted by Gasteiger charge is -2.32. The Labute approximate surface area is 124 Å². The molecule has 21 heavy (non-hydrogen) atoms. The monoisotopic (exact) mass is 301 g/mol. The second kappa shape index (κ2) is 7.85. The first-order valence-electron chi connectivity index (χ1n) is 7.18. The highest BCUT2D eigenvalue weighted by atomic mass is 16.7. The van der Waals surface area contributed by atoms with Crippen molar-refractivity contribution in [3.8, 4) is 0 Å². The van der Waals surface area contributed by atoms with Crippen molar-refractivity contribution in [1.82, 2.24) is 5.32 Å². The van der Waals surface area contributed by atoms with Crippen LogP contribution in [-0.2, 0) is 19.1 Å². The first-order chi connectivity index (χ1) is 9.87. The number of carboxylic acid groups (broad SMARTS) is 1. The second-order valence-electron chi connectivity index (χ2n) is 5.67. The number of carbonyl (C=O) groups is 3. The minimum Gasteiger partial charge on any atom is -0.481 e. The number of carboxylic acids is 1. The maximum atomic E-state index is 11.5. The normalized spacial score (nSPS) is 17.1. The van der Waals surface area contributed by atoms with E-state index in [-0.39, 0.29) is 12.5 Å². The molecular weight excluding hydrogens is 278 g/mol. The lowest BCUT2D eigenvalue weighted by atomic mass is 9.74. The number of amides is 1. The predicted octanol–water partition coefficient (Wildman–Crippen LogP) is 1.90. The quantitative estimate of drug-likeness (QED) is 0.574. The van der Waals surface area contributed by atoms with Crippen molar-refractivity contribution in [3.63, 3.8) is 0 Å². The molecule has 0 aromatic heterocycles. The van der Waals surface area contributed by atoms with Crippen molar-refractivity contribution in [2.24, 2.45) is 11.3 Å². The van der Waals surface area contributed by atoms with Crippen LogP contribution in [0.3, 0.4) is 0 Å². The van der Waals surface area contributed by atoms with Gasteiger partial charge in [0.2, 0.25) is 6.79 Å². The van der Waals surface area contributed by atoms with Crippen LogP contribution >= 0.6 is 0 Å².